The molecule has 0 heterocycles. The predicted octanol–water partition coefficient (Wildman–Crippen LogP) is 2.19. The lowest BCUT2D eigenvalue weighted by molar-refractivity contribution is -0.150. The summed E-state index contributed by atoms with van der Waals surface area (Å²) in [6, 6.07) is 9.86. The second-order valence-electron chi connectivity index (χ2n) is 5.07. The maximum Gasteiger partial charge on any atom is 0.254 e. The van der Waals surface area contributed by atoms with Crippen molar-refractivity contribution in [3.8, 4) is 0 Å². The van der Waals surface area contributed by atoms with Crippen molar-refractivity contribution in [1.29, 1.82) is 0 Å². The number of carbonyl (C=O) groups excluding carboxylic acids is 1. The molecule has 3 heteroatoms. The van der Waals surface area contributed by atoms with Crippen LogP contribution in [0, 0.1) is 0 Å². The average Bonchev–Trinajstić information content (AvgIpc) is 2.24. The van der Waals surface area contributed by atoms with Gasteiger partial charge in [0.2, 0.25) is 0 Å². The summed E-state index contributed by atoms with van der Waals surface area (Å²) < 4.78 is 0. The third-order valence-corrected chi connectivity index (χ3v) is 2.60. The highest BCUT2D eigenvalue weighted by Gasteiger charge is 2.30. The highest BCUT2D eigenvalue weighted by atomic mass is 16.3. The maximum atomic E-state index is 12.1. The fraction of sp³-hybridized carbons (Fsp3) is 0.500. The van der Waals surface area contributed by atoms with E-state index in [1.807, 2.05) is 44.2 Å². The van der Waals surface area contributed by atoms with Gasteiger partial charge in [-0.2, -0.15) is 0 Å². The number of hydrogen-bond acceptors (Lipinski definition) is 2. The number of carbonyl (C=O) groups is 1. The molecule has 1 rings (SSSR count). The predicted molar refractivity (Wildman–Crippen MR) is 68.4 cm³/mol. The Labute approximate surface area is 103 Å². The van der Waals surface area contributed by atoms with E-state index in [4.69, 9.17) is 0 Å². The molecule has 94 valence electrons. The molecule has 0 aliphatic rings. The summed E-state index contributed by atoms with van der Waals surface area (Å²) in [5.41, 5.74) is -0.252. The van der Waals surface area contributed by atoms with E-state index in [0.29, 0.717) is 6.54 Å². The first-order valence-corrected chi connectivity index (χ1v) is 5.89. The summed E-state index contributed by atoms with van der Waals surface area (Å²) in [5, 5.41) is 9.79. The number of hydrogen-bond donors (Lipinski definition) is 1. The van der Waals surface area contributed by atoms with Crippen LogP contribution in [0.3, 0.4) is 0 Å². The van der Waals surface area contributed by atoms with E-state index in [0.717, 1.165) is 5.56 Å². The molecule has 1 N–H and O–H groups in total. The molecule has 0 radical (unpaired) electrons. The Morgan fingerprint density at radius 1 is 1.29 bits per heavy atom. The Bertz CT molecular complexity index is 366. The lowest BCUT2D eigenvalue weighted by Gasteiger charge is -2.32. The molecule has 0 fully saturated rings. The Balaban J connectivity index is 2.85. The first-order chi connectivity index (χ1) is 7.82. The van der Waals surface area contributed by atoms with Gasteiger partial charge in [-0.3, -0.25) is 4.79 Å². The van der Waals surface area contributed by atoms with Crippen molar-refractivity contribution < 1.29 is 9.90 Å². The molecular weight excluding hydrogens is 214 g/mol. The van der Waals surface area contributed by atoms with Gasteiger partial charge in [0.15, 0.2) is 0 Å². The summed E-state index contributed by atoms with van der Waals surface area (Å²) in [4.78, 5) is 13.8. The number of benzene rings is 1. The third kappa shape index (κ3) is 3.86. The van der Waals surface area contributed by atoms with Crippen molar-refractivity contribution in [3.63, 3.8) is 0 Å². The van der Waals surface area contributed by atoms with Gasteiger partial charge >= 0.3 is 0 Å². The lowest BCUT2D eigenvalue weighted by Crippen LogP contribution is -2.47. The summed E-state index contributed by atoms with van der Waals surface area (Å²) in [6.45, 7) is 7.48. The monoisotopic (exact) mass is 235 g/mol. The lowest BCUT2D eigenvalue weighted by atomic mass is 10.1. The van der Waals surface area contributed by atoms with Gasteiger partial charge in [0.05, 0.1) is 0 Å². The van der Waals surface area contributed by atoms with Crippen molar-refractivity contribution in [2.45, 2.75) is 45.9 Å². The minimum absolute atomic E-state index is 0.0640. The van der Waals surface area contributed by atoms with E-state index in [-0.39, 0.29) is 11.9 Å². The van der Waals surface area contributed by atoms with E-state index in [2.05, 4.69) is 0 Å². The molecule has 0 saturated heterocycles. The topological polar surface area (TPSA) is 40.5 Å². The van der Waals surface area contributed by atoms with E-state index >= 15 is 0 Å². The minimum atomic E-state index is -1.32. The van der Waals surface area contributed by atoms with Crippen molar-refractivity contribution in [3.05, 3.63) is 35.9 Å². The molecule has 3 nitrogen and oxygen atoms in total. The van der Waals surface area contributed by atoms with Crippen molar-refractivity contribution >= 4 is 5.91 Å². The van der Waals surface area contributed by atoms with Crippen LogP contribution < -0.4 is 0 Å². The Morgan fingerprint density at radius 2 is 1.82 bits per heavy atom. The Kier molecular flexibility index (Phi) is 4.29. The number of nitrogens with zero attached hydrogens (tertiary/aromatic N) is 1. The highest BCUT2D eigenvalue weighted by Crippen LogP contribution is 2.14. The van der Waals surface area contributed by atoms with Crippen molar-refractivity contribution in [1.82, 2.24) is 4.90 Å². The third-order valence-electron chi connectivity index (χ3n) is 2.60. The van der Waals surface area contributed by atoms with Crippen LogP contribution in [0.1, 0.15) is 33.3 Å². The van der Waals surface area contributed by atoms with Crippen LogP contribution >= 0.6 is 0 Å². The van der Waals surface area contributed by atoms with Crippen molar-refractivity contribution in [2.24, 2.45) is 0 Å². The molecule has 0 aliphatic heterocycles. The molecular formula is C14H21NO2. The fourth-order valence-corrected chi connectivity index (χ4v) is 1.62. The number of rotatable bonds is 4. The molecule has 1 aromatic carbocycles. The molecule has 0 aromatic heterocycles. The zero-order valence-electron chi connectivity index (χ0n) is 11.0. The van der Waals surface area contributed by atoms with Crippen LogP contribution in [0.15, 0.2) is 30.3 Å². The first kappa shape index (κ1) is 13.7. The van der Waals surface area contributed by atoms with Gasteiger partial charge in [-0.25, -0.2) is 0 Å². The summed E-state index contributed by atoms with van der Waals surface area (Å²) in [7, 11) is 0. The van der Waals surface area contributed by atoms with Crippen LogP contribution in [0.4, 0.5) is 0 Å². The maximum absolute atomic E-state index is 12.1. The molecule has 0 spiro atoms. The van der Waals surface area contributed by atoms with Crippen LogP contribution in [0.25, 0.3) is 0 Å². The van der Waals surface area contributed by atoms with Gasteiger partial charge < -0.3 is 10.0 Å². The second kappa shape index (κ2) is 5.32. The molecule has 1 aromatic rings. The van der Waals surface area contributed by atoms with Gasteiger partial charge in [-0.05, 0) is 33.3 Å². The van der Waals surface area contributed by atoms with Crippen LogP contribution in [-0.2, 0) is 11.3 Å². The quantitative estimate of drug-likeness (QED) is 0.869. The van der Waals surface area contributed by atoms with E-state index < -0.39 is 5.60 Å². The molecule has 0 unspecified atom stereocenters. The van der Waals surface area contributed by atoms with Crippen molar-refractivity contribution in [2.75, 3.05) is 0 Å². The van der Waals surface area contributed by atoms with Crippen LogP contribution in [0.2, 0.25) is 0 Å². The average molecular weight is 235 g/mol. The van der Waals surface area contributed by atoms with Crippen LogP contribution in [0.5, 0.6) is 0 Å². The normalized spacial score (nSPS) is 11.6. The SMILES string of the molecule is CC(C)N(Cc1ccccc1)C(=O)C(C)(C)O. The van der Waals surface area contributed by atoms with E-state index in [9.17, 15) is 9.90 Å². The second-order valence-corrected chi connectivity index (χ2v) is 5.07. The van der Waals surface area contributed by atoms with Gasteiger partial charge in [0.25, 0.3) is 5.91 Å². The number of amides is 1. The highest BCUT2D eigenvalue weighted by molar-refractivity contribution is 5.84. The van der Waals surface area contributed by atoms with Gasteiger partial charge in [-0.15, -0.1) is 0 Å². The molecule has 0 aliphatic carbocycles. The molecule has 0 saturated carbocycles. The zero-order chi connectivity index (χ0) is 13.1. The van der Waals surface area contributed by atoms with Gasteiger partial charge in [-0.1, -0.05) is 30.3 Å². The largest absolute Gasteiger partial charge is 0.381 e. The standard InChI is InChI=1S/C14H21NO2/c1-11(2)15(13(16)14(3,4)17)10-12-8-6-5-7-9-12/h5-9,11,17H,10H2,1-4H3. The Morgan fingerprint density at radius 3 is 2.24 bits per heavy atom. The van der Waals surface area contributed by atoms with Crippen LogP contribution in [-0.4, -0.2) is 27.6 Å². The zero-order valence-corrected chi connectivity index (χ0v) is 11.0. The smallest absolute Gasteiger partial charge is 0.254 e. The first-order valence-electron chi connectivity index (χ1n) is 5.89. The summed E-state index contributed by atoms with van der Waals surface area (Å²) in [5.74, 6) is -0.239. The molecule has 1 amide bonds. The molecule has 0 bridgehead atoms. The molecule has 17 heavy (non-hydrogen) atoms. The fourth-order valence-electron chi connectivity index (χ4n) is 1.62. The summed E-state index contributed by atoms with van der Waals surface area (Å²) in [6.07, 6.45) is 0. The van der Waals surface area contributed by atoms with Gasteiger partial charge in [0.1, 0.15) is 5.60 Å². The Hall–Kier alpha value is -1.35. The molecule has 0 atom stereocenters. The minimum Gasteiger partial charge on any atom is -0.381 e. The summed E-state index contributed by atoms with van der Waals surface area (Å²) >= 11 is 0. The van der Waals surface area contributed by atoms with E-state index in [1.54, 1.807) is 4.90 Å². The van der Waals surface area contributed by atoms with Gasteiger partial charge in [0, 0.05) is 12.6 Å². The number of aliphatic hydroxyl groups is 1. The van der Waals surface area contributed by atoms with E-state index in [1.165, 1.54) is 13.8 Å².